The Morgan fingerprint density at radius 2 is 1.62 bits per heavy atom. The molecule has 1 N–H and O–H groups in total. The van der Waals surface area contributed by atoms with Crippen LogP contribution in [0.4, 0.5) is 11.6 Å². The lowest BCUT2D eigenvalue weighted by Gasteiger charge is -2.32. The summed E-state index contributed by atoms with van der Waals surface area (Å²) in [5, 5.41) is 3.14. The molecule has 0 saturated carbocycles. The normalized spacial score (nSPS) is 14.4. The van der Waals surface area contributed by atoms with Gasteiger partial charge in [-0.2, -0.15) is 0 Å². The highest BCUT2D eigenvalue weighted by molar-refractivity contribution is 5.92. The van der Waals surface area contributed by atoms with Crippen molar-refractivity contribution in [2.75, 3.05) is 38.5 Å². The van der Waals surface area contributed by atoms with Gasteiger partial charge >= 0.3 is 0 Å². The highest BCUT2D eigenvalue weighted by atomic mass is 16.5. The van der Waals surface area contributed by atoms with Crippen LogP contribution in [-0.4, -0.2) is 58.9 Å². The standard InChI is InChI=1S/C22H23N5O2/c1-26-13-15-27(16-14-26)21(28)20-11-12-23-22(25-20)24-17-7-9-19(10-8-17)29-18-5-3-2-4-6-18/h2-12H,13-16H2,1H3,(H,23,24,25). The number of nitrogens with one attached hydrogen (secondary N) is 1. The number of carbonyl (C=O) groups is 1. The van der Waals surface area contributed by atoms with E-state index < -0.39 is 0 Å². The fraction of sp³-hybridized carbons (Fsp3) is 0.227. The molecule has 29 heavy (non-hydrogen) atoms. The summed E-state index contributed by atoms with van der Waals surface area (Å²) in [4.78, 5) is 25.4. The van der Waals surface area contributed by atoms with E-state index in [0.717, 1.165) is 30.3 Å². The van der Waals surface area contributed by atoms with Crippen LogP contribution in [0.25, 0.3) is 0 Å². The lowest BCUT2D eigenvalue weighted by atomic mass is 10.3. The summed E-state index contributed by atoms with van der Waals surface area (Å²) in [6, 6.07) is 18.8. The molecule has 1 saturated heterocycles. The number of aromatic nitrogens is 2. The molecule has 0 aliphatic carbocycles. The predicted molar refractivity (Wildman–Crippen MR) is 112 cm³/mol. The first-order valence-electron chi connectivity index (χ1n) is 9.58. The van der Waals surface area contributed by atoms with Gasteiger partial charge in [-0.3, -0.25) is 4.79 Å². The predicted octanol–water partition coefficient (Wildman–Crippen LogP) is 3.40. The van der Waals surface area contributed by atoms with Crippen LogP contribution in [0.5, 0.6) is 11.5 Å². The zero-order valence-corrected chi connectivity index (χ0v) is 16.3. The van der Waals surface area contributed by atoms with E-state index in [9.17, 15) is 4.79 Å². The molecule has 1 amide bonds. The molecule has 0 bridgehead atoms. The van der Waals surface area contributed by atoms with Crippen molar-refractivity contribution < 1.29 is 9.53 Å². The zero-order chi connectivity index (χ0) is 20.1. The Labute approximate surface area is 170 Å². The highest BCUT2D eigenvalue weighted by Gasteiger charge is 2.21. The van der Waals surface area contributed by atoms with E-state index in [4.69, 9.17) is 4.74 Å². The van der Waals surface area contributed by atoms with E-state index in [2.05, 4.69) is 27.2 Å². The van der Waals surface area contributed by atoms with Gasteiger partial charge in [0.2, 0.25) is 5.95 Å². The maximum Gasteiger partial charge on any atom is 0.272 e. The molecule has 0 radical (unpaired) electrons. The van der Waals surface area contributed by atoms with E-state index in [0.29, 0.717) is 24.7 Å². The van der Waals surface area contributed by atoms with E-state index in [1.54, 1.807) is 12.3 Å². The molecule has 4 rings (SSSR count). The van der Waals surface area contributed by atoms with Gasteiger partial charge in [0, 0.05) is 38.1 Å². The molecule has 0 spiro atoms. The number of hydrogen-bond acceptors (Lipinski definition) is 6. The van der Waals surface area contributed by atoms with Gasteiger partial charge in [0.25, 0.3) is 5.91 Å². The van der Waals surface area contributed by atoms with Crippen molar-refractivity contribution in [2.45, 2.75) is 0 Å². The molecule has 7 nitrogen and oxygen atoms in total. The van der Waals surface area contributed by atoms with Crippen LogP contribution in [0, 0.1) is 0 Å². The Kier molecular flexibility index (Phi) is 5.67. The maximum atomic E-state index is 12.7. The number of para-hydroxylation sites is 1. The minimum absolute atomic E-state index is 0.0600. The zero-order valence-electron chi connectivity index (χ0n) is 16.3. The average Bonchev–Trinajstić information content (AvgIpc) is 2.76. The summed E-state index contributed by atoms with van der Waals surface area (Å²) in [7, 11) is 2.06. The van der Waals surface area contributed by atoms with Crippen LogP contribution < -0.4 is 10.1 Å². The van der Waals surface area contributed by atoms with Crippen LogP contribution in [0.3, 0.4) is 0 Å². The number of benzene rings is 2. The molecule has 1 aromatic heterocycles. The van der Waals surface area contributed by atoms with Gasteiger partial charge in [-0.1, -0.05) is 18.2 Å². The minimum atomic E-state index is -0.0600. The molecule has 7 heteroatoms. The summed E-state index contributed by atoms with van der Waals surface area (Å²) in [6.45, 7) is 3.18. The van der Waals surface area contributed by atoms with Gasteiger partial charge in [0.15, 0.2) is 0 Å². The van der Waals surface area contributed by atoms with Crippen LogP contribution in [0.1, 0.15) is 10.5 Å². The molecule has 148 valence electrons. The molecule has 1 aliphatic heterocycles. The number of anilines is 2. The van der Waals surface area contributed by atoms with Crippen LogP contribution >= 0.6 is 0 Å². The Bertz CT molecular complexity index is 954. The molecule has 1 aliphatic rings. The second-order valence-corrected chi connectivity index (χ2v) is 6.93. The van der Waals surface area contributed by atoms with Gasteiger partial charge in [-0.15, -0.1) is 0 Å². The second kappa shape index (κ2) is 8.70. The average molecular weight is 389 g/mol. The molecule has 1 fully saturated rings. The Morgan fingerprint density at radius 3 is 2.34 bits per heavy atom. The highest BCUT2D eigenvalue weighted by Crippen LogP contribution is 2.23. The lowest BCUT2D eigenvalue weighted by molar-refractivity contribution is 0.0658. The lowest BCUT2D eigenvalue weighted by Crippen LogP contribution is -2.47. The summed E-state index contributed by atoms with van der Waals surface area (Å²) in [5.74, 6) is 1.85. The molecule has 0 unspecified atom stereocenters. The number of piperazine rings is 1. The summed E-state index contributed by atoms with van der Waals surface area (Å²) in [5.41, 5.74) is 1.21. The maximum absolute atomic E-state index is 12.7. The Balaban J connectivity index is 1.40. The molecule has 2 aromatic carbocycles. The number of hydrogen-bond donors (Lipinski definition) is 1. The number of amides is 1. The number of carbonyl (C=O) groups excluding carboxylic acids is 1. The molecule has 0 atom stereocenters. The summed E-state index contributed by atoms with van der Waals surface area (Å²) in [6.07, 6.45) is 1.60. The van der Waals surface area contributed by atoms with Gasteiger partial charge < -0.3 is 19.9 Å². The van der Waals surface area contributed by atoms with E-state index in [1.807, 2.05) is 59.5 Å². The monoisotopic (exact) mass is 389 g/mol. The van der Waals surface area contributed by atoms with Crippen LogP contribution in [-0.2, 0) is 0 Å². The topological polar surface area (TPSA) is 70.6 Å². The van der Waals surface area contributed by atoms with Gasteiger partial charge in [0.1, 0.15) is 17.2 Å². The first-order chi connectivity index (χ1) is 14.2. The SMILES string of the molecule is CN1CCN(C(=O)c2ccnc(Nc3ccc(Oc4ccccc4)cc3)n2)CC1. The fourth-order valence-corrected chi connectivity index (χ4v) is 3.07. The number of ether oxygens (including phenoxy) is 1. The number of rotatable bonds is 5. The third kappa shape index (κ3) is 4.89. The third-order valence-electron chi connectivity index (χ3n) is 4.75. The van der Waals surface area contributed by atoms with Crippen molar-refractivity contribution in [1.29, 1.82) is 0 Å². The van der Waals surface area contributed by atoms with Crippen molar-refractivity contribution in [2.24, 2.45) is 0 Å². The largest absolute Gasteiger partial charge is 0.457 e. The van der Waals surface area contributed by atoms with Crippen LogP contribution in [0.15, 0.2) is 66.9 Å². The first kappa shape index (κ1) is 18.9. The van der Waals surface area contributed by atoms with E-state index in [-0.39, 0.29) is 5.91 Å². The van der Waals surface area contributed by atoms with Crippen molar-refractivity contribution in [3.05, 3.63) is 72.6 Å². The van der Waals surface area contributed by atoms with Gasteiger partial charge in [-0.05, 0) is 49.5 Å². The minimum Gasteiger partial charge on any atom is -0.457 e. The van der Waals surface area contributed by atoms with Crippen molar-refractivity contribution in [3.63, 3.8) is 0 Å². The molecule has 3 aromatic rings. The molecule has 2 heterocycles. The van der Waals surface area contributed by atoms with Crippen molar-refractivity contribution >= 4 is 17.5 Å². The smallest absolute Gasteiger partial charge is 0.272 e. The Morgan fingerprint density at radius 1 is 0.931 bits per heavy atom. The quantitative estimate of drug-likeness (QED) is 0.721. The molecular weight excluding hydrogens is 366 g/mol. The van der Waals surface area contributed by atoms with Crippen LogP contribution in [0.2, 0.25) is 0 Å². The molecular formula is C22H23N5O2. The first-order valence-corrected chi connectivity index (χ1v) is 9.58. The summed E-state index contributed by atoms with van der Waals surface area (Å²) >= 11 is 0. The fourth-order valence-electron chi connectivity index (χ4n) is 3.07. The third-order valence-corrected chi connectivity index (χ3v) is 4.75. The summed E-state index contributed by atoms with van der Waals surface area (Å²) < 4.78 is 5.80. The second-order valence-electron chi connectivity index (χ2n) is 6.93. The van der Waals surface area contributed by atoms with Gasteiger partial charge in [-0.25, -0.2) is 9.97 Å². The van der Waals surface area contributed by atoms with Gasteiger partial charge in [0.05, 0.1) is 0 Å². The van der Waals surface area contributed by atoms with E-state index in [1.165, 1.54) is 0 Å². The van der Waals surface area contributed by atoms with E-state index >= 15 is 0 Å². The van der Waals surface area contributed by atoms with Crippen molar-refractivity contribution in [3.8, 4) is 11.5 Å². The number of nitrogens with zero attached hydrogens (tertiary/aromatic N) is 4. The van der Waals surface area contributed by atoms with Crippen molar-refractivity contribution in [1.82, 2.24) is 19.8 Å². The Hall–Kier alpha value is -3.45. The number of likely N-dealkylation sites (N-methyl/N-ethyl adjacent to an activating group) is 1.